The molecule has 0 heterocycles. The molecule has 0 N–H and O–H groups in total. The highest BCUT2D eigenvalue weighted by Gasteiger charge is 2.44. The monoisotopic (exact) mass is 270 g/mol. The fraction of sp³-hybridized carbons (Fsp3) is 0.500. The minimum absolute atomic E-state index is 0.896. The van der Waals surface area contributed by atoms with Crippen molar-refractivity contribution in [2.24, 2.45) is 0 Å². The van der Waals surface area contributed by atoms with Gasteiger partial charge < -0.3 is 13.3 Å². The second kappa shape index (κ2) is 5.92. The highest BCUT2D eigenvalue weighted by atomic mass is 28.4. The zero-order chi connectivity index (χ0) is 12.9. The third kappa shape index (κ3) is 3.49. The first kappa shape index (κ1) is 14.6. The van der Waals surface area contributed by atoms with Gasteiger partial charge >= 0.3 is 8.56 Å². The summed E-state index contributed by atoms with van der Waals surface area (Å²) >= 11 is 0. The Balaban J connectivity index is 3.06. The van der Waals surface area contributed by atoms with E-state index in [0.29, 0.717) is 0 Å². The number of hydrogen-bond acceptors (Lipinski definition) is 3. The Kier molecular flexibility index (Phi) is 5.09. The van der Waals surface area contributed by atoms with Gasteiger partial charge in [0.25, 0.3) is 0 Å². The molecule has 0 fully saturated rings. The molecule has 0 spiro atoms. The molecule has 0 amide bonds. The van der Waals surface area contributed by atoms with Gasteiger partial charge in [0, 0.05) is 27.0 Å². The Labute approximate surface area is 106 Å². The molecule has 1 aromatic rings. The van der Waals surface area contributed by atoms with Crippen LogP contribution in [0.4, 0.5) is 0 Å². The van der Waals surface area contributed by atoms with Crippen LogP contribution in [-0.4, -0.2) is 38.2 Å². The van der Waals surface area contributed by atoms with Gasteiger partial charge in [0.15, 0.2) is 8.32 Å². The average molecular weight is 270 g/mol. The van der Waals surface area contributed by atoms with Gasteiger partial charge in [-0.2, -0.15) is 0 Å². The highest BCUT2D eigenvalue weighted by Crippen LogP contribution is 2.21. The predicted octanol–water partition coefficient (Wildman–Crippen LogP) is 2.02. The van der Waals surface area contributed by atoms with E-state index in [9.17, 15) is 0 Å². The fourth-order valence-electron chi connectivity index (χ4n) is 1.89. The Morgan fingerprint density at radius 1 is 0.882 bits per heavy atom. The van der Waals surface area contributed by atoms with Crippen molar-refractivity contribution >= 4 is 22.1 Å². The van der Waals surface area contributed by atoms with E-state index in [0.717, 1.165) is 5.67 Å². The summed E-state index contributed by atoms with van der Waals surface area (Å²) in [6.07, 6.45) is 0. The third-order valence-corrected chi connectivity index (χ3v) is 12.0. The van der Waals surface area contributed by atoms with Crippen LogP contribution in [0, 0.1) is 0 Å². The number of benzene rings is 1. The largest absolute Gasteiger partial charge is 0.421 e. The van der Waals surface area contributed by atoms with Crippen LogP contribution in [0.25, 0.3) is 0 Å². The molecule has 0 saturated heterocycles. The lowest BCUT2D eigenvalue weighted by Crippen LogP contribution is -2.57. The van der Waals surface area contributed by atoms with Crippen molar-refractivity contribution in [3.8, 4) is 0 Å². The molecule has 0 unspecified atom stereocenters. The molecule has 0 radical (unpaired) electrons. The molecule has 0 aliphatic heterocycles. The molecule has 0 atom stereocenters. The lowest BCUT2D eigenvalue weighted by molar-refractivity contribution is 0.259. The Morgan fingerprint density at radius 2 is 1.41 bits per heavy atom. The van der Waals surface area contributed by atoms with Gasteiger partial charge in [-0.1, -0.05) is 30.3 Å². The van der Waals surface area contributed by atoms with E-state index in [2.05, 4.69) is 25.2 Å². The molecule has 17 heavy (non-hydrogen) atoms. The average Bonchev–Trinajstić information content (AvgIpc) is 2.37. The van der Waals surface area contributed by atoms with E-state index in [1.807, 2.05) is 18.2 Å². The molecule has 0 saturated carbocycles. The molecule has 0 aliphatic carbocycles. The van der Waals surface area contributed by atoms with Crippen LogP contribution in [-0.2, 0) is 13.3 Å². The van der Waals surface area contributed by atoms with Crippen molar-refractivity contribution in [2.45, 2.75) is 18.8 Å². The smallest absolute Gasteiger partial charge is 0.371 e. The molecule has 0 bridgehead atoms. The summed E-state index contributed by atoms with van der Waals surface area (Å²) in [7, 11) is 1.19. The summed E-state index contributed by atoms with van der Waals surface area (Å²) in [4.78, 5) is 0. The van der Waals surface area contributed by atoms with E-state index in [1.54, 1.807) is 21.3 Å². The zero-order valence-electron chi connectivity index (χ0n) is 11.3. The fourth-order valence-corrected chi connectivity index (χ4v) is 10.3. The standard InChI is InChI=1S/C12H22O3Si2/c1-13-16(4,5)11-17(14-2,15-3)12-9-7-6-8-10-12/h6-10H,11H2,1-5H3. The Morgan fingerprint density at radius 3 is 1.82 bits per heavy atom. The maximum Gasteiger partial charge on any atom is 0.371 e. The predicted molar refractivity (Wildman–Crippen MR) is 75.1 cm³/mol. The van der Waals surface area contributed by atoms with Crippen molar-refractivity contribution in [3.63, 3.8) is 0 Å². The van der Waals surface area contributed by atoms with E-state index in [4.69, 9.17) is 13.3 Å². The van der Waals surface area contributed by atoms with Gasteiger partial charge in [0.1, 0.15) is 0 Å². The highest BCUT2D eigenvalue weighted by molar-refractivity contribution is 6.94. The van der Waals surface area contributed by atoms with E-state index < -0.39 is 16.9 Å². The first-order valence-corrected chi connectivity index (χ1v) is 10.8. The van der Waals surface area contributed by atoms with Crippen LogP contribution in [0.5, 0.6) is 0 Å². The molecular formula is C12H22O3Si2. The third-order valence-electron chi connectivity index (χ3n) is 3.08. The molecule has 1 aromatic carbocycles. The zero-order valence-corrected chi connectivity index (χ0v) is 13.3. The molecule has 3 nitrogen and oxygen atoms in total. The first-order valence-electron chi connectivity index (χ1n) is 5.70. The molecule has 96 valence electrons. The topological polar surface area (TPSA) is 27.7 Å². The van der Waals surface area contributed by atoms with E-state index in [1.165, 1.54) is 5.19 Å². The van der Waals surface area contributed by atoms with Crippen molar-refractivity contribution in [1.82, 2.24) is 0 Å². The summed E-state index contributed by atoms with van der Waals surface area (Å²) in [6, 6.07) is 10.2. The Bertz CT molecular complexity index is 337. The lowest BCUT2D eigenvalue weighted by atomic mass is 10.4. The van der Waals surface area contributed by atoms with Crippen LogP contribution in [0.2, 0.25) is 18.8 Å². The molecule has 1 rings (SSSR count). The van der Waals surface area contributed by atoms with Gasteiger partial charge in [-0.15, -0.1) is 0 Å². The maximum atomic E-state index is 5.78. The van der Waals surface area contributed by atoms with Gasteiger partial charge in [-0.05, 0) is 18.3 Å². The molecular weight excluding hydrogens is 248 g/mol. The van der Waals surface area contributed by atoms with Crippen LogP contribution in [0.1, 0.15) is 0 Å². The van der Waals surface area contributed by atoms with Crippen molar-refractivity contribution < 1.29 is 13.3 Å². The van der Waals surface area contributed by atoms with Crippen molar-refractivity contribution in [2.75, 3.05) is 21.3 Å². The van der Waals surface area contributed by atoms with Gasteiger partial charge in [-0.25, -0.2) is 0 Å². The van der Waals surface area contributed by atoms with Crippen molar-refractivity contribution in [1.29, 1.82) is 0 Å². The normalized spacial score (nSPS) is 12.8. The molecule has 0 aliphatic rings. The van der Waals surface area contributed by atoms with Gasteiger partial charge in [-0.3, -0.25) is 0 Å². The van der Waals surface area contributed by atoms with Gasteiger partial charge in [0.05, 0.1) is 0 Å². The van der Waals surface area contributed by atoms with E-state index >= 15 is 0 Å². The minimum Gasteiger partial charge on any atom is -0.421 e. The summed E-state index contributed by atoms with van der Waals surface area (Å²) in [5.74, 6) is 0. The summed E-state index contributed by atoms with van der Waals surface area (Å²) in [5.41, 5.74) is 0.896. The number of hydrogen-bond donors (Lipinski definition) is 0. The van der Waals surface area contributed by atoms with Crippen molar-refractivity contribution in [3.05, 3.63) is 30.3 Å². The Hall–Kier alpha value is -0.466. The first-order chi connectivity index (χ1) is 7.99. The van der Waals surface area contributed by atoms with Crippen LogP contribution in [0.3, 0.4) is 0 Å². The van der Waals surface area contributed by atoms with Gasteiger partial charge in [0.2, 0.25) is 0 Å². The minimum atomic E-state index is -2.34. The quantitative estimate of drug-likeness (QED) is 0.740. The second-order valence-corrected chi connectivity index (χ2v) is 12.9. The SMILES string of the molecule is CO[Si](C)(C)C[Si](OC)(OC)c1ccccc1. The second-order valence-electron chi connectivity index (χ2n) is 4.67. The molecule has 0 aromatic heterocycles. The summed E-state index contributed by atoms with van der Waals surface area (Å²) in [6.45, 7) is 4.38. The van der Waals surface area contributed by atoms with Crippen LogP contribution in [0.15, 0.2) is 30.3 Å². The maximum absolute atomic E-state index is 5.78. The summed E-state index contributed by atoms with van der Waals surface area (Å²) in [5, 5.41) is 1.17. The molecule has 5 heteroatoms. The van der Waals surface area contributed by atoms with Crippen LogP contribution < -0.4 is 5.19 Å². The number of rotatable bonds is 6. The van der Waals surface area contributed by atoms with E-state index in [-0.39, 0.29) is 0 Å². The lowest BCUT2D eigenvalue weighted by Gasteiger charge is -2.33. The van der Waals surface area contributed by atoms with Crippen LogP contribution >= 0.6 is 0 Å². The summed E-state index contributed by atoms with van der Waals surface area (Å²) < 4.78 is 17.2.